The zero-order valence-electron chi connectivity index (χ0n) is 28.4. The van der Waals surface area contributed by atoms with Gasteiger partial charge in [-0.1, -0.05) is 181 Å². The van der Waals surface area contributed by atoms with E-state index >= 15 is 0 Å². The molecule has 0 saturated heterocycles. The zero-order valence-corrected chi connectivity index (χ0v) is 30.4. The summed E-state index contributed by atoms with van der Waals surface area (Å²) < 4.78 is 15.1. The highest BCUT2D eigenvalue weighted by Gasteiger charge is 2.53. The fourth-order valence-electron chi connectivity index (χ4n) is 6.73. The van der Waals surface area contributed by atoms with Crippen LogP contribution in [0.3, 0.4) is 0 Å². The van der Waals surface area contributed by atoms with Gasteiger partial charge in [-0.25, -0.2) is 0 Å². The smallest absolute Gasteiger partial charge is 0.261 e. The highest BCUT2D eigenvalue weighted by Crippen LogP contribution is 2.40. The third-order valence-corrected chi connectivity index (χ3v) is 19.0. The van der Waals surface area contributed by atoms with Gasteiger partial charge >= 0.3 is 0 Å². The molecule has 240 valence electrons. The van der Waals surface area contributed by atoms with E-state index in [1.807, 2.05) is 6.08 Å². The number of hydrogen-bond acceptors (Lipinski definition) is 3. The van der Waals surface area contributed by atoms with Crippen LogP contribution in [0.4, 0.5) is 0 Å². The van der Waals surface area contributed by atoms with Crippen molar-refractivity contribution in [2.75, 3.05) is 6.61 Å². The molecule has 4 aromatic rings. The Balaban J connectivity index is 1.85. The quantitative estimate of drug-likeness (QED) is 0.104. The van der Waals surface area contributed by atoms with E-state index in [1.54, 1.807) is 0 Å². The molecular formula is C41H50O3Si2. The summed E-state index contributed by atoms with van der Waals surface area (Å²) in [6.45, 7) is 17.9. The predicted octanol–water partition coefficient (Wildman–Crippen LogP) is 6.84. The first-order valence-electron chi connectivity index (χ1n) is 16.3. The molecular weight excluding hydrogens is 597 g/mol. The monoisotopic (exact) mass is 646 g/mol. The van der Waals surface area contributed by atoms with Crippen LogP contribution < -0.4 is 20.7 Å². The number of aliphatic hydroxyl groups excluding tert-OH is 1. The van der Waals surface area contributed by atoms with Crippen molar-refractivity contribution < 1.29 is 14.0 Å². The molecule has 0 unspecified atom stereocenters. The second-order valence-corrected chi connectivity index (χ2v) is 22.4. The summed E-state index contributed by atoms with van der Waals surface area (Å²) in [5.41, 5.74) is 0. The molecule has 4 aromatic carbocycles. The van der Waals surface area contributed by atoms with E-state index in [1.165, 1.54) is 20.7 Å². The predicted molar refractivity (Wildman–Crippen MR) is 199 cm³/mol. The Morgan fingerprint density at radius 2 is 0.957 bits per heavy atom. The summed E-state index contributed by atoms with van der Waals surface area (Å²) in [5, 5.41) is 14.1. The van der Waals surface area contributed by atoms with E-state index in [9.17, 15) is 5.11 Å². The minimum absolute atomic E-state index is 0.179. The highest BCUT2D eigenvalue weighted by atomic mass is 28.4. The second-order valence-electron chi connectivity index (χ2n) is 13.9. The maximum Gasteiger partial charge on any atom is 0.261 e. The van der Waals surface area contributed by atoms with Crippen molar-refractivity contribution >= 4 is 37.4 Å². The molecule has 0 aliphatic rings. The molecule has 0 amide bonds. The maximum absolute atomic E-state index is 9.58. The Morgan fingerprint density at radius 3 is 1.26 bits per heavy atom. The molecule has 4 rings (SSSR count). The molecule has 46 heavy (non-hydrogen) atoms. The van der Waals surface area contributed by atoms with E-state index in [0.717, 1.165) is 0 Å². The van der Waals surface area contributed by atoms with Crippen molar-refractivity contribution in [1.82, 2.24) is 0 Å². The van der Waals surface area contributed by atoms with Gasteiger partial charge in [0.05, 0.1) is 12.2 Å². The number of hydrogen-bond donors (Lipinski definition) is 1. The molecule has 0 heterocycles. The van der Waals surface area contributed by atoms with Crippen molar-refractivity contribution in [3.05, 3.63) is 134 Å². The van der Waals surface area contributed by atoms with Crippen LogP contribution in [-0.4, -0.2) is 40.6 Å². The average molecular weight is 647 g/mol. The first kappa shape index (κ1) is 35.3. The molecule has 2 atom stereocenters. The fraction of sp³-hybridized carbons (Fsp3) is 0.317. The van der Waals surface area contributed by atoms with Crippen LogP contribution in [0.2, 0.25) is 10.1 Å². The molecule has 0 fully saturated rings. The van der Waals surface area contributed by atoms with Crippen LogP contribution in [0.5, 0.6) is 0 Å². The van der Waals surface area contributed by atoms with Crippen LogP contribution in [0.15, 0.2) is 134 Å². The third kappa shape index (κ3) is 7.55. The Morgan fingerprint density at radius 1 is 0.609 bits per heavy atom. The first-order valence-corrected chi connectivity index (χ1v) is 20.1. The van der Waals surface area contributed by atoms with Gasteiger partial charge in [-0.3, -0.25) is 0 Å². The van der Waals surface area contributed by atoms with Crippen molar-refractivity contribution in [2.45, 2.75) is 76.7 Å². The van der Waals surface area contributed by atoms with Crippen LogP contribution in [0.25, 0.3) is 0 Å². The van der Waals surface area contributed by atoms with Gasteiger partial charge in [0, 0.05) is 12.8 Å². The van der Waals surface area contributed by atoms with Crippen molar-refractivity contribution in [2.24, 2.45) is 0 Å². The van der Waals surface area contributed by atoms with Crippen LogP contribution in [-0.2, 0) is 8.85 Å². The van der Waals surface area contributed by atoms with Crippen LogP contribution in [0.1, 0.15) is 54.4 Å². The summed E-state index contributed by atoms with van der Waals surface area (Å²) in [6, 6.07) is 42.8. The molecule has 0 saturated carbocycles. The standard InChI is InChI=1S/C41H50O3Si2/c1-8-34(43-45(40(2,3)4,36-24-13-9-14-25-36)37-26-15-10-16-27-37)33-35(23-21-22-32-42)44-46(41(5,6)7,38-28-17-11-18-29-38)39-30-19-12-20-31-39/h8-20,24-31,34-35,42H,1,23,32-33H2,2-7H3/t34-,35+/m1/s1. The number of rotatable bonds is 12. The topological polar surface area (TPSA) is 38.7 Å². The summed E-state index contributed by atoms with van der Waals surface area (Å²) in [6.07, 6.45) is 2.43. The molecule has 0 aliphatic carbocycles. The van der Waals surface area contributed by atoms with Crippen molar-refractivity contribution in [3.8, 4) is 11.8 Å². The average Bonchev–Trinajstić information content (AvgIpc) is 3.05. The SMILES string of the molecule is C=C[C@H](C[C@H](CC#CCO)O[Si](c1ccccc1)(c1ccccc1)C(C)(C)C)O[Si](c1ccccc1)(c1ccccc1)C(C)(C)C. The zero-order chi connectivity index (χ0) is 33.3. The van der Waals surface area contributed by atoms with E-state index < -0.39 is 16.6 Å². The Labute approximate surface area is 279 Å². The van der Waals surface area contributed by atoms with Gasteiger partial charge < -0.3 is 14.0 Å². The van der Waals surface area contributed by atoms with Crippen LogP contribution >= 0.6 is 0 Å². The van der Waals surface area contributed by atoms with Gasteiger partial charge in [0.25, 0.3) is 16.6 Å². The third-order valence-electron chi connectivity index (χ3n) is 8.80. The number of aliphatic hydroxyl groups is 1. The molecule has 3 nitrogen and oxygen atoms in total. The minimum atomic E-state index is -2.88. The van der Waals surface area contributed by atoms with E-state index in [4.69, 9.17) is 8.85 Å². The first-order chi connectivity index (χ1) is 22.0. The number of benzene rings is 4. The van der Waals surface area contributed by atoms with Gasteiger partial charge in [0.2, 0.25) is 0 Å². The van der Waals surface area contributed by atoms with Gasteiger partial charge in [-0.05, 0) is 30.8 Å². The highest BCUT2D eigenvalue weighted by molar-refractivity contribution is 7.00. The maximum atomic E-state index is 9.58. The lowest BCUT2D eigenvalue weighted by atomic mass is 10.1. The summed E-state index contributed by atoms with van der Waals surface area (Å²) in [5.74, 6) is 6.10. The Bertz CT molecular complexity index is 1490. The Kier molecular flexibility index (Phi) is 11.8. The van der Waals surface area contributed by atoms with Crippen LogP contribution in [0, 0.1) is 11.8 Å². The van der Waals surface area contributed by atoms with Gasteiger partial charge in [0.15, 0.2) is 0 Å². The fourth-order valence-corrected chi connectivity index (χ4v) is 16.1. The second kappa shape index (κ2) is 15.4. The molecule has 5 heteroatoms. The van der Waals surface area contributed by atoms with E-state index in [2.05, 4.69) is 181 Å². The van der Waals surface area contributed by atoms with Crippen molar-refractivity contribution in [3.63, 3.8) is 0 Å². The Hall–Kier alpha value is -3.51. The van der Waals surface area contributed by atoms with Gasteiger partial charge in [0.1, 0.15) is 6.61 Å². The minimum Gasteiger partial charge on any atom is -0.403 e. The van der Waals surface area contributed by atoms with Gasteiger partial charge in [-0.2, -0.15) is 0 Å². The lowest BCUT2D eigenvalue weighted by molar-refractivity contribution is 0.123. The largest absolute Gasteiger partial charge is 0.403 e. The lowest BCUT2D eigenvalue weighted by Crippen LogP contribution is -2.68. The van der Waals surface area contributed by atoms with E-state index in [-0.39, 0.29) is 28.9 Å². The van der Waals surface area contributed by atoms with Crippen molar-refractivity contribution in [1.29, 1.82) is 0 Å². The molecule has 0 aromatic heterocycles. The van der Waals surface area contributed by atoms with Gasteiger partial charge in [-0.15, -0.1) is 6.58 Å². The molecule has 0 radical (unpaired) electrons. The molecule has 1 N–H and O–H groups in total. The molecule has 0 aliphatic heterocycles. The summed E-state index contributed by atoms with van der Waals surface area (Å²) in [4.78, 5) is 0. The molecule has 0 bridgehead atoms. The molecule has 0 spiro atoms. The normalized spacial score (nSPS) is 13.7. The lowest BCUT2D eigenvalue weighted by Gasteiger charge is -2.47. The van der Waals surface area contributed by atoms with E-state index in [0.29, 0.717) is 12.8 Å². The summed E-state index contributed by atoms with van der Waals surface area (Å²) >= 11 is 0. The summed E-state index contributed by atoms with van der Waals surface area (Å²) in [7, 11) is -5.74.